The van der Waals surface area contributed by atoms with E-state index in [1.165, 1.54) is 11.9 Å². The van der Waals surface area contributed by atoms with E-state index in [4.69, 9.17) is 0 Å². The van der Waals surface area contributed by atoms with Gasteiger partial charge in [-0.1, -0.05) is 0 Å². The Morgan fingerprint density at radius 2 is 1.79 bits per heavy atom. The van der Waals surface area contributed by atoms with Crippen LogP contribution in [0.25, 0.3) is 0 Å². The third kappa shape index (κ3) is 5.77. The zero-order valence-corrected chi connectivity index (χ0v) is 10.5. The van der Waals surface area contributed by atoms with Gasteiger partial charge in [-0.25, -0.2) is 4.79 Å². The second kappa shape index (κ2) is 6.60. The van der Waals surface area contributed by atoms with Crippen LogP contribution in [0.2, 0.25) is 0 Å². The van der Waals surface area contributed by atoms with Gasteiger partial charge in [-0.15, -0.1) is 0 Å². The van der Waals surface area contributed by atoms with Crippen LogP contribution in [0.15, 0.2) is 0 Å². The van der Waals surface area contributed by atoms with E-state index in [1.54, 1.807) is 0 Å². The van der Waals surface area contributed by atoms with Crippen molar-refractivity contribution < 1.29 is 27.5 Å². The predicted octanol–water partition coefficient (Wildman–Crippen LogP) is 0.0489. The van der Waals surface area contributed by atoms with Crippen molar-refractivity contribution in [3.63, 3.8) is 0 Å². The molecule has 1 aliphatic heterocycles. The smallest absolute Gasteiger partial charge is 0.422 e. The fraction of sp³-hybridized carbons (Fsp3) is 0.800. The summed E-state index contributed by atoms with van der Waals surface area (Å²) in [6.45, 7) is -0.0311. The van der Waals surface area contributed by atoms with Crippen LogP contribution >= 0.6 is 0 Å². The number of carbonyl (C=O) groups excluding carboxylic acids is 2. The lowest BCUT2D eigenvalue weighted by molar-refractivity contribution is -0.162. The van der Waals surface area contributed by atoms with Crippen LogP contribution in [0.1, 0.15) is 0 Å². The fourth-order valence-corrected chi connectivity index (χ4v) is 1.61. The highest BCUT2D eigenvalue weighted by molar-refractivity contribution is 5.77. The number of piperazine rings is 1. The molecule has 0 unspecified atom stereocenters. The Morgan fingerprint density at radius 1 is 1.21 bits per heavy atom. The Labute approximate surface area is 108 Å². The van der Waals surface area contributed by atoms with Gasteiger partial charge in [0, 0.05) is 33.2 Å². The molecule has 0 aromatic carbocycles. The number of ether oxygens (including phenoxy) is 1. The number of hydrogen-bond acceptors (Lipinski definition) is 4. The summed E-state index contributed by atoms with van der Waals surface area (Å²) >= 11 is 0. The summed E-state index contributed by atoms with van der Waals surface area (Å²) in [6, 6.07) is 0. The fourth-order valence-electron chi connectivity index (χ4n) is 1.61. The van der Waals surface area contributed by atoms with Gasteiger partial charge in [-0.2, -0.15) is 13.2 Å². The lowest BCUT2D eigenvalue weighted by Gasteiger charge is -2.33. The molecule has 0 radical (unpaired) electrons. The average molecular weight is 283 g/mol. The average Bonchev–Trinajstić information content (AvgIpc) is 2.36. The molecule has 110 valence electrons. The van der Waals surface area contributed by atoms with E-state index in [1.807, 2.05) is 4.90 Å². The number of alkyl halides is 3. The number of halogens is 3. The van der Waals surface area contributed by atoms with Crippen molar-refractivity contribution in [2.24, 2.45) is 0 Å². The largest absolute Gasteiger partial charge is 0.440 e. The monoisotopic (exact) mass is 283 g/mol. The molecule has 1 aliphatic rings. The first kappa shape index (κ1) is 15.5. The van der Waals surface area contributed by atoms with Crippen molar-refractivity contribution in [3.8, 4) is 0 Å². The van der Waals surface area contributed by atoms with E-state index in [9.17, 15) is 22.8 Å². The van der Waals surface area contributed by atoms with Gasteiger partial charge in [0.05, 0.1) is 6.54 Å². The third-order valence-electron chi connectivity index (χ3n) is 2.64. The van der Waals surface area contributed by atoms with E-state index < -0.39 is 18.9 Å². The molecule has 0 aromatic rings. The Morgan fingerprint density at radius 3 is 2.26 bits per heavy atom. The molecule has 0 atom stereocenters. The van der Waals surface area contributed by atoms with Gasteiger partial charge in [0.25, 0.3) is 0 Å². The summed E-state index contributed by atoms with van der Waals surface area (Å²) in [5.74, 6) is -0.145. The number of amides is 2. The van der Waals surface area contributed by atoms with Crippen LogP contribution in [0.3, 0.4) is 0 Å². The first-order valence-corrected chi connectivity index (χ1v) is 5.73. The minimum atomic E-state index is -4.52. The maximum atomic E-state index is 11.9. The number of nitrogens with one attached hydrogen (secondary N) is 1. The molecule has 0 bridgehead atoms. The molecule has 9 heteroatoms. The zero-order chi connectivity index (χ0) is 14.5. The van der Waals surface area contributed by atoms with Gasteiger partial charge in [-0.05, 0) is 0 Å². The van der Waals surface area contributed by atoms with E-state index in [-0.39, 0.29) is 25.5 Å². The third-order valence-corrected chi connectivity index (χ3v) is 2.64. The minimum Gasteiger partial charge on any atom is -0.440 e. The summed E-state index contributed by atoms with van der Waals surface area (Å²) in [5, 5.41) is 2.47. The normalized spacial score (nSPS) is 17.2. The number of likely N-dealkylation sites (N-methyl/N-ethyl adjacent to an activating group) is 1. The Bertz CT molecular complexity index is 328. The highest BCUT2D eigenvalue weighted by atomic mass is 19.4. The van der Waals surface area contributed by atoms with Crippen LogP contribution in [0.5, 0.6) is 0 Å². The van der Waals surface area contributed by atoms with Crippen LogP contribution in [0, 0.1) is 0 Å². The predicted molar refractivity (Wildman–Crippen MR) is 59.5 cm³/mol. The quantitative estimate of drug-likeness (QED) is 0.795. The molecule has 6 nitrogen and oxygen atoms in total. The molecule has 1 saturated heterocycles. The second-order valence-electron chi connectivity index (χ2n) is 4.11. The van der Waals surface area contributed by atoms with Gasteiger partial charge in [0.1, 0.15) is 0 Å². The second-order valence-corrected chi connectivity index (χ2v) is 4.11. The molecule has 1 rings (SSSR count). The Hall–Kier alpha value is -1.51. The highest BCUT2D eigenvalue weighted by Gasteiger charge is 2.31. The van der Waals surface area contributed by atoms with Crippen molar-refractivity contribution in [3.05, 3.63) is 0 Å². The molecular formula is C10H16F3N3O3. The number of nitrogens with zero attached hydrogens (tertiary/aromatic N) is 2. The summed E-state index contributed by atoms with van der Waals surface area (Å²) < 4.78 is 39.8. The molecule has 1 fully saturated rings. The summed E-state index contributed by atoms with van der Waals surface area (Å²) in [5.41, 5.74) is 0. The number of rotatable bonds is 3. The van der Waals surface area contributed by atoms with Crippen molar-refractivity contribution in [1.82, 2.24) is 15.1 Å². The van der Waals surface area contributed by atoms with Gasteiger partial charge < -0.3 is 15.0 Å². The molecule has 1 heterocycles. The summed E-state index contributed by atoms with van der Waals surface area (Å²) in [4.78, 5) is 25.5. The van der Waals surface area contributed by atoms with E-state index in [0.717, 1.165) is 0 Å². The molecule has 0 aromatic heterocycles. The highest BCUT2D eigenvalue weighted by Crippen LogP contribution is 2.15. The molecule has 2 amide bonds. The van der Waals surface area contributed by atoms with Crippen LogP contribution < -0.4 is 5.32 Å². The Kier molecular flexibility index (Phi) is 5.40. The first-order chi connectivity index (χ1) is 8.81. The van der Waals surface area contributed by atoms with Gasteiger partial charge in [0.2, 0.25) is 5.91 Å². The molecule has 0 aliphatic carbocycles. The van der Waals surface area contributed by atoms with Crippen molar-refractivity contribution >= 4 is 12.0 Å². The van der Waals surface area contributed by atoms with E-state index >= 15 is 0 Å². The molecule has 1 N–H and O–H groups in total. The van der Waals surface area contributed by atoms with Crippen LogP contribution in [-0.2, 0) is 9.53 Å². The van der Waals surface area contributed by atoms with Crippen LogP contribution in [-0.4, -0.2) is 74.4 Å². The van der Waals surface area contributed by atoms with E-state index in [0.29, 0.717) is 13.1 Å². The van der Waals surface area contributed by atoms with Crippen molar-refractivity contribution in [2.45, 2.75) is 6.18 Å². The summed E-state index contributed by atoms with van der Waals surface area (Å²) in [7, 11) is 1.52. The molecule has 0 saturated carbocycles. The maximum Gasteiger partial charge on any atom is 0.422 e. The molecular weight excluding hydrogens is 267 g/mol. The van der Waals surface area contributed by atoms with E-state index in [2.05, 4.69) is 10.1 Å². The summed E-state index contributed by atoms with van der Waals surface area (Å²) in [6.07, 6.45) is -5.49. The lowest BCUT2D eigenvalue weighted by atomic mass is 10.3. The topological polar surface area (TPSA) is 61.9 Å². The standard InChI is InChI=1S/C10H16F3N3O3/c1-14-8(17)6-15-2-4-16(5-3-15)9(18)19-7-10(11,12)13/h2-7H2,1H3,(H,14,17). The van der Waals surface area contributed by atoms with Crippen LogP contribution in [0.4, 0.5) is 18.0 Å². The molecule has 0 spiro atoms. The number of hydrogen-bond donors (Lipinski definition) is 1. The maximum absolute atomic E-state index is 11.9. The van der Waals surface area contributed by atoms with Crippen molar-refractivity contribution in [2.75, 3.05) is 46.4 Å². The van der Waals surface area contributed by atoms with Gasteiger partial charge >= 0.3 is 12.3 Å². The van der Waals surface area contributed by atoms with Crippen molar-refractivity contribution in [1.29, 1.82) is 0 Å². The zero-order valence-electron chi connectivity index (χ0n) is 10.5. The van der Waals surface area contributed by atoms with Gasteiger partial charge in [0.15, 0.2) is 6.61 Å². The lowest BCUT2D eigenvalue weighted by Crippen LogP contribution is -2.51. The SMILES string of the molecule is CNC(=O)CN1CCN(C(=O)OCC(F)(F)F)CC1. The van der Waals surface area contributed by atoms with Gasteiger partial charge in [-0.3, -0.25) is 9.69 Å². The molecule has 19 heavy (non-hydrogen) atoms. The first-order valence-electron chi connectivity index (χ1n) is 5.73. The number of carbonyl (C=O) groups is 2. The Balaban J connectivity index is 2.29. The minimum absolute atomic E-state index is 0.145.